The highest BCUT2D eigenvalue weighted by Crippen LogP contribution is 2.32. The number of aliphatic hydroxyl groups excluding tert-OH is 1. The van der Waals surface area contributed by atoms with Gasteiger partial charge >= 0.3 is 0 Å². The lowest BCUT2D eigenvalue weighted by molar-refractivity contribution is -0.120. The average molecular weight is 303 g/mol. The number of nitrogens with one attached hydrogen (secondary N) is 1. The van der Waals surface area contributed by atoms with Gasteiger partial charge in [-0.2, -0.15) is 0 Å². The first-order chi connectivity index (χ1) is 10.8. The van der Waals surface area contributed by atoms with Crippen molar-refractivity contribution in [2.45, 2.75) is 32.1 Å². The van der Waals surface area contributed by atoms with Gasteiger partial charge in [-0.05, 0) is 37.5 Å². The van der Waals surface area contributed by atoms with Crippen LogP contribution in [-0.2, 0) is 22.4 Å². The normalized spacial score (nSPS) is 14.6. The van der Waals surface area contributed by atoms with Crippen molar-refractivity contribution < 1.29 is 19.1 Å². The smallest absolute Gasteiger partial charge is 0.250 e. The lowest BCUT2D eigenvalue weighted by Gasteiger charge is -2.06. The van der Waals surface area contributed by atoms with E-state index in [1.54, 1.807) is 0 Å². The van der Waals surface area contributed by atoms with Crippen LogP contribution in [0.5, 0.6) is 0 Å². The molecule has 118 valence electrons. The van der Waals surface area contributed by atoms with Gasteiger partial charge in [0.2, 0.25) is 5.91 Å². The fraction of sp³-hybridized carbons (Fsp3) is 0.471. The van der Waals surface area contributed by atoms with E-state index in [1.807, 2.05) is 18.2 Å². The Bertz CT molecular complexity index is 662. The number of rotatable bonds is 5. The van der Waals surface area contributed by atoms with E-state index in [2.05, 4.69) is 5.32 Å². The molecule has 0 atom stereocenters. The summed E-state index contributed by atoms with van der Waals surface area (Å²) < 4.78 is 11.0. The SMILES string of the molecule is O=C(COCCO)Nc1ccc2oc3c(c2c1)CCCCC3. The second-order valence-electron chi connectivity index (χ2n) is 5.60. The largest absolute Gasteiger partial charge is 0.461 e. The molecular weight excluding hydrogens is 282 g/mol. The van der Waals surface area contributed by atoms with Gasteiger partial charge in [-0.1, -0.05) is 6.42 Å². The third-order valence-corrected chi connectivity index (χ3v) is 3.96. The van der Waals surface area contributed by atoms with Crippen molar-refractivity contribution in [3.63, 3.8) is 0 Å². The first kappa shape index (κ1) is 15.1. The van der Waals surface area contributed by atoms with E-state index in [1.165, 1.54) is 24.8 Å². The summed E-state index contributed by atoms with van der Waals surface area (Å²) >= 11 is 0. The zero-order valence-corrected chi connectivity index (χ0v) is 12.6. The van der Waals surface area contributed by atoms with Crippen LogP contribution in [0.15, 0.2) is 22.6 Å². The van der Waals surface area contributed by atoms with Crippen LogP contribution in [0.4, 0.5) is 5.69 Å². The Morgan fingerprint density at radius 3 is 3.00 bits per heavy atom. The third-order valence-electron chi connectivity index (χ3n) is 3.96. The van der Waals surface area contributed by atoms with Crippen molar-refractivity contribution in [2.24, 2.45) is 0 Å². The number of benzene rings is 1. The first-order valence-electron chi connectivity index (χ1n) is 7.80. The molecule has 1 amide bonds. The van der Waals surface area contributed by atoms with Crippen LogP contribution in [0.1, 0.15) is 30.6 Å². The number of furan rings is 1. The zero-order chi connectivity index (χ0) is 15.4. The number of carbonyl (C=O) groups excluding carboxylic acids is 1. The van der Waals surface area contributed by atoms with E-state index in [0.29, 0.717) is 0 Å². The van der Waals surface area contributed by atoms with E-state index in [0.717, 1.165) is 35.3 Å². The summed E-state index contributed by atoms with van der Waals surface area (Å²) in [5.41, 5.74) is 2.93. The van der Waals surface area contributed by atoms with Crippen LogP contribution in [0.2, 0.25) is 0 Å². The summed E-state index contributed by atoms with van der Waals surface area (Å²) in [5.74, 6) is 0.879. The van der Waals surface area contributed by atoms with Gasteiger partial charge in [0.05, 0.1) is 13.2 Å². The summed E-state index contributed by atoms with van der Waals surface area (Å²) in [5, 5.41) is 12.6. The maximum atomic E-state index is 11.8. The Balaban J connectivity index is 1.77. The molecule has 0 bridgehead atoms. The molecular formula is C17H21NO4. The van der Waals surface area contributed by atoms with Crippen LogP contribution in [0.25, 0.3) is 11.0 Å². The summed E-state index contributed by atoms with van der Waals surface area (Å²) in [6.45, 7) is 0.0319. The van der Waals surface area contributed by atoms with Crippen molar-refractivity contribution in [2.75, 3.05) is 25.1 Å². The Morgan fingerprint density at radius 2 is 2.14 bits per heavy atom. The summed E-state index contributed by atoms with van der Waals surface area (Å²) in [6.07, 6.45) is 5.65. The highest BCUT2D eigenvalue weighted by atomic mass is 16.5. The molecule has 0 fully saturated rings. The molecule has 0 saturated heterocycles. The second-order valence-corrected chi connectivity index (χ2v) is 5.60. The Morgan fingerprint density at radius 1 is 1.27 bits per heavy atom. The summed E-state index contributed by atoms with van der Waals surface area (Å²) in [4.78, 5) is 11.8. The van der Waals surface area contributed by atoms with Gasteiger partial charge in [0, 0.05) is 23.1 Å². The molecule has 0 spiro atoms. The number of ether oxygens (including phenoxy) is 1. The summed E-state index contributed by atoms with van der Waals surface area (Å²) in [6, 6.07) is 5.73. The standard InChI is InChI=1S/C17H21NO4/c19-8-9-21-11-17(20)18-12-6-7-16-14(10-12)13-4-2-1-3-5-15(13)22-16/h6-7,10,19H,1-5,8-9,11H2,(H,18,20). The molecule has 0 saturated carbocycles. The Hall–Kier alpha value is -1.85. The van der Waals surface area contributed by atoms with Crippen LogP contribution < -0.4 is 5.32 Å². The van der Waals surface area contributed by atoms with Crippen LogP contribution in [-0.4, -0.2) is 30.8 Å². The Labute approximate surface area is 129 Å². The van der Waals surface area contributed by atoms with Crippen LogP contribution in [0, 0.1) is 0 Å². The maximum absolute atomic E-state index is 11.8. The van der Waals surface area contributed by atoms with Gasteiger partial charge in [0.1, 0.15) is 18.0 Å². The highest BCUT2D eigenvalue weighted by molar-refractivity contribution is 5.95. The lowest BCUT2D eigenvalue weighted by atomic mass is 10.1. The maximum Gasteiger partial charge on any atom is 0.250 e. The van der Waals surface area contributed by atoms with Gasteiger partial charge < -0.3 is 19.6 Å². The number of aliphatic hydroxyl groups is 1. The zero-order valence-electron chi connectivity index (χ0n) is 12.6. The van der Waals surface area contributed by atoms with E-state index in [9.17, 15) is 4.79 Å². The monoisotopic (exact) mass is 303 g/mol. The van der Waals surface area contributed by atoms with E-state index in [-0.39, 0.29) is 25.7 Å². The van der Waals surface area contributed by atoms with E-state index >= 15 is 0 Å². The molecule has 3 rings (SSSR count). The number of fused-ring (bicyclic) bond motifs is 3. The first-order valence-corrected chi connectivity index (χ1v) is 7.80. The number of hydrogen-bond acceptors (Lipinski definition) is 4. The van der Waals surface area contributed by atoms with Crippen molar-refractivity contribution in [1.82, 2.24) is 0 Å². The van der Waals surface area contributed by atoms with E-state index < -0.39 is 0 Å². The van der Waals surface area contributed by atoms with Crippen molar-refractivity contribution >= 4 is 22.6 Å². The minimum Gasteiger partial charge on any atom is -0.461 e. The molecule has 0 aliphatic heterocycles. The lowest BCUT2D eigenvalue weighted by Crippen LogP contribution is -2.19. The highest BCUT2D eigenvalue weighted by Gasteiger charge is 2.17. The topological polar surface area (TPSA) is 71.7 Å². The molecule has 5 heteroatoms. The molecule has 2 aromatic rings. The molecule has 1 aliphatic carbocycles. The minimum absolute atomic E-state index is 0.0535. The predicted octanol–water partition coefficient (Wildman–Crippen LogP) is 2.65. The molecule has 22 heavy (non-hydrogen) atoms. The van der Waals surface area contributed by atoms with Gasteiger partial charge in [-0.25, -0.2) is 0 Å². The molecule has 0 unspecified atom stereocenters. The molecule has 1 aromatic carbocycles. The quantitative estimate of drug-likeness (QED) is 0.658. The predicted molar refractivity (Wildman–Crippen MR) is 84.0 cm³/mol. The molecule has 5 nitrogen and oxygen atoms in total. The third kappa shape index (κ3) is 3.31. The van der Waals surface area contributed by atoms with E-state index in [4.69, 9.17) is 14.3 Å². The molecule has 1 aliphatic rings. The summed E-state index contributed by atoms with van der Waals surface area (Å²) in [7, 11) is 0. The van der Waals surface area contributed by atoms with Crippen molar-refractivity contribution in [1.29, 1.82) is 0 Å². The van der Waals surface area contributed by atoms with Gasteiger partial charge in [0.15, 0.2) is 0 Å². The average Bonchev–Trinajstić information content (AvgIpc) is 2.69. The Kier molecular flexibility index (Phi) is 4.75. The van der Waals surface area contributed by atoms with Gasteiger partial charge in [-0.15, -0.1) is 0 Å². The van der Waals surface area contributed by atoms with Crippen molar-refractivity contribution in [3.8, 4) is 0 Å². The number of carbonyl (C=O) groups is 1. The number of hydrogen-bond donors (Lipinski definition) is 2. The van der Waals surface area contributed by atoms with Gasteiger partial charge in [0.25, 0.3) is 0 Å². The van der Waals surface area contributed by atoms with Gasteiger partial charge in [-0.3, -0.25) is 4.79 Å². The van der Waals surface area contributed by atoms with Crippen molar-refractivity contribution in [3.05, 3.63) is 29.5 Å². The fourth-order valence-electron chi connectivity index (χ4n) is 2.94. The fourth-order valence-corrected chi connectivity index (χ4v) is 2.94. The van der Waals surface area contributed by atoms with Crippen LogP contribution >= 0.6 is 0 Å². The second kappa shape index (κ2) is 6.94. The number of aryl methyl sites for hydroxylation is 2. The molecule has 2 N–H and O–H groups in total. The van der Waals surface area contributed by atoms with Crippen LogP contribution in [0.3, 0.4) is 0 Å². The minimum atomic E-state index is -0.220. The molecule has 1 heterocycles. The molecule has 0 radical (unpaired) electrons. The molecule has 1 aromatic heterocycles. The number of amides is 1. The number of anilines is 1.